The average Bonchev–Trinajstić information content (AvgIpc) is 2.45. The summed E-state index contributed by atoms with van der Waals surface area (Å²) in [7, 11) is 0. The van der Waals surface area contributed by atoms with E-state index in [0.717, 1.165) is 22.8 Å². The van der Waals surface area contributed by atoms with Crippen molar-refractivity contribution in [2.75, 3.05) is 0 Å². The van der Waals surface area contributed by atoms with Crippen LogP contribution in [0.4, 0.5) is 4.39 Å². The van der Waals surface area contributed by atoms with Gasteiger partial charge in [0.15, 0.2) is 0 Å². The van der Waals surface area contributed by atoms with Crippen molar-refractivity contribution in [3.05, 3.63) is 41.5 Å². The van der Waals surface area contributed by atoms with Crippen LogP contribution in [0.15, 0.2) is 24.5 Å². The molecule has 2 aromatic rings. The zero-order valence-corrected chi connectivity index (χ0v) is 13.0. The Hall–Kier alpha value is -1.44. The first-order valence-electron chi connectivity index (χ1n) is 7.17. The summed E-state index contributed by atoms with van der Waals surface area (Å²) in [6.45, 7) is 12.0. The Labute approximate surface area is 116 Å². The summed E-state index contributed by atoms with van der Waals surface area (Å²) in [6.07, 6.45) is 5.51. The van der Waals surface area contributed by atoms with Crippen LogP contribution in [0, 0.1) is 12.7 Å². The van der Waals surface area contributed by atoms with Crippen molar-refractivity contribution in [3.8, 4) is 0 Å². The van der Waals surface area contributed by atoms with Crippen LogP contribution in [0.3, 0.4) is 0 Å². The van der Waals surface area contributed by atoms with Gasteiger partial charge in [-0.15, -0.1) is 0 Å². The van der Waals surface area contributed by atoms with E-state index in [1.807, 2.05) is 26.8 Å². The molecule has 2 heteroatoms. The normalized spacial score (nSPS) is 9.21. The third kappa shape index (κ3) is 4.62. The average molecular weight is 263 g/mol. The van der Waals surface area contributed by atoms with E-state index in [4.69, 9.17) is 0 Å². The smallest absolute Gasteiger partial charge is 0.134 e. The number of halogens is 1. The van der Waals surface area contributed by atoms with Crippen molar-refractivity contribution in [1.29, 1.82) is 0 Å². The molecule has 1 aromatic carbocycles. The van der Waals surface area contributed by atoms with Gasteiger partial charge in [-0.1, -0.05) is 53.2 Å². The molecule has 1 aromatic heterocycles. The first-order valence-corrected chi connectivity index (χ1v) is 7.17. The highest BCUT2D eigenvalue weighted by molar-refractivity contribution is 5.86. The number of rotatable bonds is 1. The predicted octanol–water partition coefficient (Wildman–Crippen LogP) is 5.69. The molecule has 19 heavy (non-hydrogen) atoms. The second kappa shape index (κ2) is 9.48. The Bertz CT molecular complexity index is 492. The van der Waals surface area contributed by atoms with Gasteiger partial charge in [0, 0.05) is 23.2 Å². The summed E-state index contributed by atoms with van der Waals surface area (Å²) in [4.78, 5) is 4.09. The van der Waals surface area contributed by atoms with Crippen molar-refractivity contribution in [2.45, 2.75) is 54.4 Å². The lowest BCUT2D eigenvalue weighted by Crippen LogP contribution is -1.92. The molecule has 0 unspecified atom stereocenters. The van der Waals surface area contributed by atoms with Gasteiger partial charge in [-0.3, -0.25) is 4.98 Å². The second-order valence-electron chi connectivity index (χ2n) is 4.15. The van der Waals surface area contributed by atoms with E-state index in [0.29, 0.717) is 5.56 Å². The lowest BCUT2D eigenvalue weighted by molar-refractivity contribution is 0.629. The number of fused-ring (bicyclic) bond motifs is 1. The zero-order chi connectivity index (χ0) is 14.8. The Morgan fingerprint density at radius 1 is 1.05 bits per heavy atom. The molecule has 0 saturated heterocycles. The molecule has 1 heterocycles. The van der Waals surface area contributed by atoms with Crippen LogP contribution in [-0.4, -0.2) is 4.98 Å². The molecule has 0 bridgehead atoms. The minimum absolute atomic E-state index is 0.109. The van der Waals surface area contributed by atoms with Gasteiger partial charge >= 0.3 is 0 Å². The quantitative estimate of drug-likeness (QED) is 0.644. The summed E-state index contributed by atoms with van der Waals surface area (Å²) in [5.74, 6) is -0.109. The Balaban J connectivity index is 0.000000573. The van der Waals surface area contributed by atoms with Gasteiger partial charge < -0.3 is 0 Å². The summed E-state index contributed by atoms with van der Waals surface area (Å²) < 4.78 is 13.8. The molecular weight excluding hydrogens is 237 g/mol. The summed E-state index contributed by atoms with van der Waals surface area (Å²) >= 11 is 0. The molecule has 0 aliphatic rings. The van der Waals surface area contributed by atoms with Crippen molar-refractivity contribution in [1.82, 2.24) is 4.98 Å². The van der Waals surface area contributed by atoms with E-state index in [-0.39, 0.29) is 5.82 Å². The van der Waals surface area contributed by atoms with Crippen LogP contribution in [0.1, 0.15) is 52.2 Å². The van der Waals surface area contributed by atoms with Gasteiger partial charge in [-0.25, -0.2) is 4.39 Å². The van der Waals surface area contributed by atoms with E-state index in [1.54, 1.807) is 25.4 Å². The molecule has 0 fully saturated rings. The Morgan fingerprint density at radius 3 is 2.16 bits per heavy atom. The van der Waals surface area contributed by atoms with Gasteiger partial charge in [-0.05, 0) is 24.5 Å². The van der Waals surface area contributed by atoms with Gasteiger partial charge in [0.1, 0.15) is 5.82 Å². The molecule has 2 rings (SSSR count). The molecule has 0 aliphatic heterocycles. The minimum atomic E-state index is -0.109. The van der Waals surface area contributed by atoms with E-state index in [2.05, 4.69) is 18.8 Å². The molecule has 0 spiro atoms. The SMILES string of the molecule is CC.CCC.CCc1cncc2ccc(C)c(F)c12. The van der Waals surface area contributed by atoms with E-state index < -0.39 is 0 Å². The molecule has 0 N–H and O–H groups in total. The van der Waals surface area contributed by atoms with Crippen LogP contribution in [-0.2, 0) is 6.42 Å². The maximum Gasteiger partial charge on any atom is 0.134 e. The van der Waals surface area contributed by atoms with Crippen LogP contribution in [0.2, 0.25) is 0 Å². The van der Waals surface area contributed by atoms with E-state index >= 15 is 0 Å². The van der Waals surface area contributed by atoms with Crippen molar-refractivity contribution in [2.24, 2.45) is 0 Å². The van der Waals surface area contributed by atoms with Crippen LogP contribution >= 0.6 is 0 Å². The molecule has 0 radical (unpaired) electrons. The molecule has 0 saturated carbocycles. The summed E-state index contributed by atoms with van der Waals surface area (Å²) in [5, 5.41) is 1.61. The van der Waals surface area contributed by atoms with Gasteiger partial charge in [-0.2, -0.15) is 0 Å². The number of nitrogens with zero attached hydrogens (tertiary/aromatic N) is 1. The standard InChI is InChI=1S/C12H12FN.C3H8.C2H6/c1-3-9-6-14-7-10-5-4-8(2)12(13)11(9)10;1-3-2;1-2/h4-7H,3H2,1-2H3;3H2,1-2H3;1-2H3. The fourth-order valence-electron chi connectivity index (χ4n) is 1.67. The number of pyridine rings is 1. The number of aryl methyl sites for hydroxylation is 2. The van der Waals surface area contributed by atoms with Crippen molar-refractivity contribution < 1.29 is 4.39 Å². The summed E-state index contributed by atoms with van der Waals surface area (Å²) in [6, 6.07) is 3.71. The molecule has 1 nitrogen and oxygen atoms in total. The minimum Gasteiger partial charge on any atom is -0.264 e. The zero-order valence-electron chi connectivity index (χ0n) is 13.0. The molecule has 0 amide bonds. The number of hydrogen-bond donors (Lipinski definition) is 0. The molecular formula is C17H26FN. The maximum atomic E-state index is 13.8. The van der Waals surface area contributed by atoms with Gasteiger partial charge in [0.05, 0.1) is 0 Å². The monoisotopic (exact) mass is 263 g/mol. The third-order valence-corrected chi connectivity index (χ3v) is 2.51. The molecule has 0 aliphatic carbocycles. The van der Waals surface area contributed by atoms with Crippen molar-refractivity contribution >= 4 is 10.8 Å². The number of hydrogen-bond acceptors (Lipinski definition) is 1. The highest BCUT2D eigenvalue weighted by atomic mass is 19.1. The highest BCUT2D eigenvalue weighted by Gasteiger charge is 2.07. The first kappa shape index (κ1) is 17.6. The fourth-order valence-corrected chi connectivity index (χ4v) is 1.67. The van der Waals surface area contributed by atoms with E-state index in [9.17, 15) is 4.39 Å². The van der Waals surface area contributed by atoms with E-state index in [1.165, 1.54) is 6.42 Å². The first-order chi connectivity index (χ1) is 9.15. The number of aromatic nitrogens is 1. The van der Waals surface area contributed by atoms with Crippen molar-refractivity contribution in [3.63, 3.8) is 0 Å². The predicted molar refractivity (Wildman–Crippen MR) is 83.1 cm³/mol. The lowest BCUT2D eigenvalue weighted by atomic mass is 10.0. The Kier molecular flexibility index (Phi) is 8.77. The largest absolute Gasteiger partial charge is 0.264 e. The lowest BCUT2D eigenvalue weighted by Gasteiger charge is -2.06. The molecule has 0 atom stereocenters. The second-order valence-corrected chi connectivity index (χ2v) is 4.15. The highest BCUT2D eigenvalue weighted by Crippen LogP contribution is 2.23. The number of benzene rings is 1. The third-order valence-electron chi connectivity index (χ3n) is 2.51. The molecule has 106 valence electrons. The fraction of sp³-hybridized carbons (Fsp3) is 0.471. The van der Waals surface area contributed by atoms with Gasteiger partial charge in [0.25, 0.3) is 0 Å². The Morgan fingerprint density at radius 2 is 1.63 bits per heavy atom. The summed E-state index contributed by atoms with van der Waals surface area (Å²) in [5.41, 5.74) is 1.67. The van der Waals surface area contributed by atoms with Crippen LogP contribution < -0.4 is 0 Å². The van der Waals surface area contributed by atoms with Crippen LogP contribution in [0.5, 0.6) is 0 Å². The topological polar surface area (TPSA) is 12.9 Å². The van der Waals surface area contributed by atoms with Gasteiger partial charge in [0.2, 0.25) is 0 Å². The maximum absolute atomic E-state index is 13.8. The van der Waals surface area contributed by atoms with Crippen LogP contribution in [0.25, 0.3) is 10.8 Å².